The first-order chi connectivity index (χ1) is 21.4. The average molecular weight is 615 g/mol. The van der Waals surface area contributed by atoms with Crippen molar-refractivity contribution in [3.05, 3.63) is 113 Å². The molecule has 1 amide bonds. The van der Waals surface area contributed by atoms with E-state index < -0.39 is 6.23 Å². The van der Waals surface area contributed by atoms with Crippen LogP contribution in [0.2, 0.25) is 5.02 Å². The largest absolute Gasteiger partial charge is 0.375 e. The Bertz CT molecular complexity index is 1290. The van der Waals surface area contributed by atoms with Crippen LogP contribution in [0.5, 0.6) is 0 Å². The topological polar surface area (TPSA) is 67.8 Å². The number of nitrogens with one attached hydrogen (secondary N) is 2. The van der Waals surface area contributed by atoms with E-state index in [4.69, 9.17) is 11.6 Å². The van der Waals surface area contributed by atoms with Gasteiger partial charge < -0.3 is 15.3 Å². The first-order valence-corrected chi connectivity index (χ1v) is 16.5. The number of rotatable bonds is 12. The molecule has 5 rings (SSSR count). The third-order valence-electron chi connectivity index (χ3n) is 9.33. The molecule has 2 aliphatic rings. The van der Waals surface area contributed by atoms with Gasteiger partial charge in [0.2, 0.25) is 5.91 Å². The number of halogens is 1. The Labute approximate surface area is 268 Å². The molecular formula is C37H47ClN4O2. The smallest absolute Gasteiger partial charge is 0.239 e. The van der Waals surface area contributed by atoms with Crippen LogP contribution in [-0.4, -0.2) is 77.4 Å². The van der Waals surface area contributed by atoms with Crippen molar-refractivity contribution in [2.24, 2.45) is 0 Å². The maximum atomic E-state index is 14.2. The Morgan fingerprint density at radius 2 is 1.55 bits per heavy atom. The molecule has 2 aliphatic heterocycles. The van der Waals surface area contributed by atoms with Crippen LogP contribution >= 0.6 is 11.6 Å². The van der Waals surface area contributed by atoms with Crippen molar-refractivity contribution in [3.63, 3.8) is 0 Å². The van der Waals surface area contributed by atoms with Crippen LogP contribution in [0.1, 0.15) is 62.1 Å². The van der Waals surface area contributed by atoms with Gasteiger partial charge in [0, 0.05) is 55.2 Å². The molecule has 0 aromatic heterocycles. The van der Waals surface area contributed by atoms with E-state index in [9.17, 15) is 9.90 Å². The zero-order valence-electron chi connectivity index (χ0n) is 26.0. The number of aliphatic hydroxyl groups is 1. The molecule has 2 saturated heterocycles. The van der Waals surface area contributed by atoms with Crippen LogP contribution in [0.4, 0.5) is 0 Å². The van der Waals surface area contributed by atoms with Crippen molar-refractivity contribution in [2.45, 2.75) is 75.8 Å². The molecule has 2 heterocycles. The summed E-state index contributed by atoms with van der Waals surface area (Å²) in [6.07, 6.45) is 6.82. The fraction of sp³-hybridized carbons (Fsp3) is 0.432. The number of carbonyl (C=O) groups excluding carboxylic acids is 1. The zero-order valence-corrected chi connectivity index (χ0v) is 26.7. The van der Waals surface area contributed by atoms with Crippen molar-refractivity contribution < 1.29 is 9.90 Å². The Morgan fingerprint density at radius 3 is 2.16 bits per heavy atom. The van der Waals surface area contributed by atoms with Gasteiger partial charge in [-0.25, -0.2) is 0 Å². The standard InChI is InChI=1S/C37H47ClN4O2/c1-27-13-14-28(2)42(27)24-22-35-37(44)41(26-34(30-9-5-3-6-10-30)31-11-7-4-8-12-31)23-21-33(40-35)25-39-36(43)20-17-29-15-18-32(38)19-16-29/h3-12,15-20,27-28,33-36,39-40,43H,13-14,21-26H2,1-2H3/b20-17+/t27?,28?,33-,35?,36?/m0/s1. The van der Waals surface area contributed by atoms with Gasteiger partial charge in [-0.2, -0.15) is 0 Å². The summed E-state index contributed by atoms with van der Waals surface area (Å²) in [5, 5.41) is 18.3. The van der Waals surface area contributed by atoms with Crippen molar-refractivity contribution in [3.8, 4) is 0 Å². The second-order valence-electron chi connectivity index (χ2n) is 12.4. The quantitative estimate of drug-likeness (QED) is 0.221. The predicted molar refractivity (Wildman–Crippen MR) is 181 cm³/mol. The number of hydrogen-bond donors (Lipinski definition) is 3. The van der Waals surface area contributed by atoms with Crippen LogP contribution in [0, 0.1) is 0 Å². The van der Waals surface area contributed by atoms with E-state index >= 15 is 0 Å². The molecule has 234 valence electrons. The molecule has 0 aliphatic carbocycles. The van der Waals surface area contributed by atoms with E-state index in [1.54, 1.807) is 6.08 Å². The normalized spacial score (nSPS) is 23.8. The summed E-state index contributed by atoms with van der Waals surface area (Å²) in [6.45, 7) is 7.35. The molecule has 6 nitrogen and oxygen atoms in total. The second kappa shape index (κ2) is 15.8. The van der Waals surface area contributed by atoms with Gasteiger partial charge in [-0.3, -0.25) is 15.0 Å². The van der Waals surface area contributed by atoms with E-state index in [1.165, 1.54) is 24.0 Å². The molecule has 3 aromatic carbocycles. The van der Waals surface area contributed by atoms with E-state index in [2.05, 4.69) is 82.8 Å². The number of carbonyl (C=O) groups is 1. The number of nitrogens with zero attached hydrogens (tertiary/aromatic N) is 2. The van der Waals surface area contributed by atoms with Crippen LogP contribution < -0.4 is 10.6 Å². The fourth-order valence-electron chi connectivity index (χ4n) is 6.70. The number of likely N-dealkylation sites (tertiary alicyclic amines) is 1. The third kappa shape index (κ3) is 8.80. The highest BCUT2D eigenvalue weighted by atomic mass is 35.5. The second-order valence-corrected chi connectivity index (χ2v) is 12.9. The summed E-state index contributed by atoms with van der Waals surface area (Å²) in [5.74, 6) is 0.266. The van der Waals surface area contributed by atoms with Gasteiger partial charge in [0.1, 0.15) is 6.23 Å². The minimum absolute atomic E-state index is 0.0489. The summed E-state index contributed by atoms with van der Waals surface area (Å²) in [7, 11) is 0. The zero-order chi connectivity index (χ0) is 30.9. The minimum Gasteiger partial charge on any atom is -0.375 e. The molecule has 0 bridgehead atoms. The van der Waals surface area contributed by atoms with Gasteiger partial charge in [-0.1, -0.05) is 90.5 Å². The van der Waals surface area contributed by atoms with Crippen molar-refractivity contribution >= 4 is 23.6 Å². The number of benzene rings is 3. The predicted octanol–water partition coefficient (Wildman–Crippen LogP) is 5.92. The van der Waals surface area contributed by atoms with Crippen LogP contribution in [0.25, 0.3) is 6.08 Å². The lowest BCUT2D eigenvalue weighted by Crippen LogP contribution is -2.51. The Hall–Kier alpha value is -3.00. The summed E-state index contributed by atoms with van der Waals surface area (Å²) in [5.41, 5.74) is 3.41. The first kappa shape index (κ1) is 32.4. The molecule has 2 fully saturated rings. The molecule has 3 aromatic rings. The first-order valence-electron chi connectivity index (χ1n) is 16.1. The van der Waals surface area contributed by atoms with Crippen molar-refractivity contribution in [1.82, 2.24) is 20.4 Å². The fourth-order valence-corrected chi connectivity index (χ4v) is 6.83. The summed E-state index contributed by atoms with van der Waals surface area (Å²) >= 11 is 6.00. The highest BCUT2D eigenvalue weighted by Gasteiger charge is 2.34. The third-order valence-corrected chi connectivity index (χ3v) is 9.58. The molecule has 3 N–H and O–H groups in total. The lowest BCUT2D eigenvalue weighted by atomic mass is 9.90. The lowest BCUT2D eigenvalue weighted by molar-refractivity contribution is -0.133. The van der Waals surface area contributed by atoms with Gasteiger partial charge in [-0.15, -0.1) is 0 Å². The van der Waals surface area contributed by atoms with E-state index in [-0.39, 0.29) is 23.9 Å². The molecule has 0 radical (unpaired) electrons. The van der Waals surface area contributed by atoms with Crippen LogP contribution in [0.15, 0.2) is 91.0 Å². The number of amides is 1. The minimum atomic E-state index is -0.798. The molecule has 44 heavy (non-hydrogen) atoms. The molecular weight excluding hydrogens is 568 g/mol. The number of hydrogen-bond acceptors (Lipinski definition) is 5. The van der Waals surface area contributed by atoms with Gasteiger partial charge in [0.05, 0.1) is 6.04 Å². The highest BCUT2D eigenvalue weighted by Crippen LogP contribution is 2.28. The van der Waals surface area contributed by atoms with Gasteiger partial charge >= 0.3 is 0 Å². The van der Waals surface area contributed by atoms with Gasteiger partial charge in [0.15, 0.2) is 0 Å². The lowest BCUT2D eigenvalue weighted by Gasteiger charge is -2.31. The Kier molecular flexibility index (Phi) is 11.7. The Morgan fingerprint density at radius 1 is 0.932 bits per heavy atom. The van der Waals surface area contributed by atoms with Crippen molar-refractivity contribution in [2.75, 3.05) is 26.2 Å². The van der Waals surface area contributed by atoms with Crippen molar-refractivity contribution in [1.29, 1.82) is 0 Å². The number of aliphatic hydroxyl groups excluding tert-OH is 1. The van der Waals surface area contributed by atoms with E-state index in [1.807, 2.05) is 42.5 Å². The highest BCUT2D eigenvalue weighted by molar-refractivity contribution is 6.30. The molecule has 0 spiro atoms. The maximum absolute atomic E-state index is 14.2. The average Bonchev–Trinajstić information content (AvgIpc) is 3.29. The summed E-state index contributed by atoms with van der Waals surface area (Å²) in [6, 6.07) is 29.4. The van der Waals surface area contributed by atoms with Crippen LogP contribution in [0.3, 0.4) is 0 Å². The maximum Gasteiger partial charge on any atom is 0.239 e. The van der Waals surface area contributed by atoms with Crippen LogP contribution in [-0.2, 0) is 4.79 Å². The monoisotopic (exact) mass is 614 g/mol. The molecule has 4 unspecified atom stereocenters. The van der Waals surface area contributed by atoms with E-state index in [0.717, 1.165) is 24.9 Å². The summed E-state index contributed by atoms with van der Waals surface area (Å²) in [4.78, 5) is 18.9. The molecule has 7 heteroatoms. The van der Waals surface area contributed by atoms with Gasteiger partial charge in [-0.05, 0) is 74.4 Å². The molecule has 5 atom stereocenters. The Balaban J connectivity index is 1.29. The SMILES string of the molecule is CC1CCC(C)N1CCC1N[C@H](CNC(O)/C=C/c2ccc(Cl)cc2)CCN(CC(c2ccccc2)c2ccccc2)C1=O. The molecule has 0 saturated carbocycles. The summed E-state index contributed by atoms with van der Waals surface area (Å²) < 4.78 is 0. The van der Waals surface area contributed by atoms with E-state index in [0.29, 0.717) is 36.7 Å². The van der Waals surface area contributed by atoms with Gasteiger partial charge in [0.25, 0.3) is 0 Å².